The molecule has 0 aliphatic rings. The molecule has 0 bridgehead atoms. The molecule has 9 heteroatoms. The molecule has 1 amide bonds. The molecule has 0 aliphatic carbocycles. The van der Waals surface area contributed by atoms with Gasteiger partial charge in [0.2, 0.25) is 17.6 Å². The zero-order valence-corrected chi connectivity index (χ0v) is 16.6. The van der Waals surface area contributed by atoms with E-state index in [4.69, 9.17) is 9.26 Å². The standard InChI is InChI=1S/C19H20N4O4S/c1-4-26-18(25)16-12(3)20-19(28-16)21-14(24)9-10-15-22-17(23-27-15)13-7-5-11(2)6-8-13/h5-8H,4,9-10H2,1-3H3,(H,20,21,24). The minimum Gasteiger partial charge on any atom is -0.462 e. The van der Waals surface area contributed by atoms with Crippen molar-refractivity contribution in [1.82, 2.24) is 15.1 Å². The number of thiazole rings is 1. The SMILES string of the molecule is CCOC(=O)c1sc(NC(=O)CCc2nc(-c3ccc(C)cc3)no2)nc1C. The summed E-state index contributed by atoms with van der Waals surface area (Å²) in [5, 5.41) is 6.99. The summed E-state index contributed by atoms with van der Waals surface area (Å²) in [4.78, 5) is 32.9. The van der Waals surface area contributed by atoms with Gasteiger partial charge in [-0.1, -0.05) is 46.3 Å². The van der Waals surface area contributed by atoms with E-state index in [-0.39, 0.29) is 18.9 Å². The summed E-state index contributed by atoms with van der Waals surface area (Å²) >= 11 is 1.09. The Morgan fingerprint density at radius 3 is 2.64 bits per heavy atom. The molecule has 0 unspecified atom stereocenters. The Morgan fingerprint density at radius 1 is 1.18 bits per heavy atom. The highest BCUT2D eigenvalue weighted by molar-refractivity contribution is 7.17. The zero-order valence-electron chi connectivity index (χ0n) is 15.8. The zero-order chi connectivity index (χ0) is 20.1. The lowest BCUT2D eigenvalue weighted by molar-refractivity contribution is -0.116. The van der Waals surface area contributed by atoms with Gasteiger partial charge in [-0.3, -0.25) is 4.79 Å². The number of carbonyl (C=O) groups is 2. The van der Waals surface area contributed by atoms with Crippen molar-refractivity contribution in [2.45, 2.75) is 33.6 Å². The maximum atomic E-state index is 12.2. The number of esters is 1. The number of amides is 1. The molecule has 3 rings (SSSR count). The van der Waals surface area contributed by atoms with Crippen molar-refractivity contribution < 1.29 is 18.8 Å². The molecule has 0 saturated heterocycles. The molecule has 28 heavy (non-hydrogen) atoms. The normalized spacial score (nSPS) is 10.7. The van der Waals surface area contributed by atoms with Gasteiger partial charge in [0, 0.05) is 18.4 Å². The smallest absolute Gasteiger partial charge is 0.350 e. The Bertz CT molecular complexity index is 978. The Hall–Kier alpha value is -3.07. The van der Waals surface area contributed by atoms with E-state index in [1.54, 1.807) is 13.8 Å². The third kappa shape index (κ3) is 4.80. The van der Waals surface area contributed by atoms with Crippen LogP contribution in [0.3, 0.4) is 0 Å². The van der Waals surface area contributed by atoms with Crippen molar-refractivity contribution in [2.24, 2.45) is 0 Å². The van der Waals surface area contributed by atoms with E-state index >= 15 is 0 Å². The molecular formula is C19H20N4O4S. The molecule has 1 aromatic carbocycles. The summed E-state index contributed by atoms with van der Waals surface area (Å²) in [6.45, 7) is 5.72. The van der Waals surface area contributed by atoms with Gasteiger partial charge in [0.05, 0.1) is 12.3 Å². The molecule has 0 atom stereocenters. The number of nitrogens with one attached hydrogen (secondary N) is 1. The lowest BCUT2D eigenvalue weighted by atomic mass is 10.1. The van der Waals surface area contributed by atoms with Gasteiger partial charge >= 0.3 is 5.97 Å². The van der Waals surface area contributed by atoms with Gasteiger partial charge in [-0.2, -0.15) is 4.98 Å². The van der Waals surface area contributed by atoms with E-state index in [2.05, 4.69) is 20.4 Å². The first-order chi connectivity index (χ1) is 13.5. The van der Waals surface area contributed by atoms with E-state index < -0.39 is 5.97 Å². The molecular weight excluding hydrogens is 380 g/mol. The summed E-state index contributed by atoms with van der Waals surface area (Å²) in [6, 6.07) is 7.78. The van der Waals surface area contributed by atoms with Crippen LogP contribution < -0.4 is 5.32 Å². The first-order valence-corrected chi connectivity index (χ1v) is 9.62. The number of benzene rings is 1. The van der Waals surface area contributed by atoms with E-state index in [0.29, 0.717) is 33.8 Å². The lowest BCUT2D eigenvalue weighted by Gasteiger charge is -1.99. The van der Waals surface area contributed by atoms with Crippen LogP contribution in [-0.2, 0) is 16.0 Å². The number of aryl methyl sites for hydroxylation is 3. The maximum Gasteiger partial charge on any atom is 0.350 e. The van der Waals surface area contributed by atoms with Gasteiger partial charge in [0.1, 0.15) is 4.88 Å². The first-order valence-electron chi connectivity index (χ1n) is 8.80. The number of hydrogen-bond acceptors (Lipinski definition) is 8. The molecule has 0 spiro atoms. The number of ether oxygens (including phenoxy) is 1. The van der Waals surface area contributed by atoms with Crippen LogP contribution >= 0.6 is 11.3 Å². The Labute approximate surface area is 165 Å². The second-order valence-corrected chi connectivity index (χ2v) is 7.08. The van der Waals surface area contributed by atoms with Crippen LogP contribution in [0.4, 0.5) is 5.13 Å². The van der Waals surface area contributed by atoms with E-state index in [9.17, 15) is 9.59 Å². The quantitative estimate of drug-likeness (QED) is 0.604. The van der Waals surface area contributed by atoms with E-state index in [0.717, 1.165) is 22.5 Å². The van der Waals surface area contributed by atoms with Crippen LogP contribution in [-0.4, -0.2) is 33.6 Å². The van der Waals surface area contributed by atoms with Crippen molar-refractivity contribution in [2.75, 3.05) is 11.9 Å². The van der Waals surface area contributed by atoms with Gasteiger partial charge in [-0.25, -0.2) is 9.78 Å². The van der Waals surface area contributed by atoms with Crippen LogP contribution in [0.5, 0.6) is 0 Å². The number of nitrogens with zero attached hydrogens (tertiary/aromatic N) is 3. The number of carbonyl (C=O) groups excluding carboxylic acids is 2. The van der Waals surface area contributed by atoms with Crippen molar-refractivity contribution in [3.63, 3.8) is 0 Å². The van der Waals surface area contributed by atoms with E-state index in [1.165, 1.54) is 0 Å². The topological polar surface area (TPSA) is 107 Å². The van der Waals surface area contributed by atoms with Crippen LogP contribution in [0.1, 0.15) is 40.2 Å². The molecule has 0 aliphatic heterocycles. The fourth-order valence-corrected chi connectivity index (χ4v) is 3.29. The van der Waals surface area contributed by atoms with Gasteiger partial charge < -0.3 is 14.6 Å². The third-order valence-corrected chi connectivity index (χ3v) is 4.90. The third-order valence-electron chi connectivity index (χ3n) is 3.85. The minimum atomic E-state index is -0.438. The molecule has 146 valence electrons. The second kappa shape index (κ2) is 8.75. The Kier molecular flexibility index (Phi) is 6.15. The summed E-state index contributed by atoms with van der Waals surface area (Å²) in [7, 11) is 0. The highest BCUT2D eigenvalue weighted by atomic mass is 32.1. The second-order valence-electron chi connectivity index (χ2n) is 6.08. The molecule has 2 heterocycles. The van der Waals surface area contributed by atoms with Gasteiger partial charge in [0.25, 0.3) is 0 Å². The molecule has 0 fully saturated rings. The van der Waals surface area contributed by atoms with Crippen LogP contribution in [0, 0.1) is 13.8 Å². The predicted molar refractivity (Wildman–Crippen MR) is 104 cm³/mol. The summed E-state index contributed by atoms with van der Waals surface area (Å²) < 4.78 is 10.2. The monoisotopic (exact) mass is 400 g/mol. The molecule has 2 aromatic heterocycles. The van der Waals surface area contributed by atoms with Crippen molar-refractivity contribution in [1.29, 1.82) is 0 Å². The van der Waals surface area contributed by atoms with Gasteiger partial charge in [0.15, 0.2) is 5.13 Å². The molecule has 1 N–H and O–H groups in total. The number of aromatic nitrogens is 3. The van der Waals surface area contributed by atoms with Crippen LogP contribution in [0.2, 0.25) is 0 Å². The Balaban J connectivity index is 1.56. The largest absolute Gasteiger partial charge is 0.462 e. The number of anilines is 1. The van der Waals surface area contributed by atoms with E-state index in [1.807, 2.05) is 31.2 Å². The summed E-state index contributed by atoms with van der Waals surface area (Å²) in [5.74, 6) is 0.185. The van der Waals surface area contributed by atoms with Crippen molar-refractivity contribution >= 4 is 28.3 Å². The first kappa shape index (κ1) is 19.7. The van der Waals surface area contributed by atoms with Crippen LogP contribution in [0.25, 0.3) is 11.4 Å². The van der Waals surface area contributed by atoms with Crippen molar-refractivity contribution in [3.8, 4) is 11.4 Å². The number of rotatable bonds is 7. The summed E-state index contributed by atoms with van der Waals surface area (Å²) in [6.07, 6.45) is 0.461. The fourth-order valence-electron chi connectivity index (χ4n) is 2.41. The lowest BCUT2D eigenvalue weighted by Crippen LogP contribution is -2.12. The Morgan fingerprint density at radius 2 is 1.93 bits per heavy atom. The molecule has 8 nitrogen and oxygen atoms in total. The highest BCUT2D eigenvalue weighted by Gasteiger charge is 2.18. The average Bonchev–Trinajstić information content (AvgIpc) is 3.27. The average molecular weight is 400 g/mol. The van der Waals surface area contributed by atoms with Crippen molar-refractivity contribution in [3.05, 3.63) is 46.3 Å². The van der Waals surface area contributed by atoms with Crippen LogP contribution in [0.15, 0.2) is 28.8 Å². The highest BCUT2D eigenvalue weighted by Crippen LogP contribution is 2.23. The van der Waals surface area contributed by atoms with Gasteiger partial charge in [-0.05, 0) is 20.8 Å². The molecule has 0 saturated carbocycles. The maximum absolute atomic E-state index is 12.2. The minimum absolute atomic E-state index is 0.156. The summed E-state index contributed by atoms with van der Waals surface area (Å²) in [5.41, 5.74) is 2.53. The molecule has 3 aromatic rings. The number of hydrogen-bond donors (Lipinski definition) is 1. The predicted octanol–water partition coefficient (Wildman–Crippen LogP) is 3.56. The van der Waals surface area contributed by atoms with Gasteiger partial charge in [-0.15, -0.1) is 0 Å². The molecule has 0 radical (unpaired) electrons. The fraction of sp³-hybridized carbons (Fsp3) is 0.316.